The Kier molecular flexibility index (Phi) is 6.22. The SMILES string of the molecule is CC(=O)Nc1cccc(N2CCN(Cc3nc(Cc4ccccc4)cs3)CC2)c1. The number of nitrogens with zero attached hydrogens (tertiary/aromatic N) is 3. The number of piperazine rings is 1. The van der Waals surface area contributed by atoms with Crippen LogP contribution in [0, 0.1) is 0 Å². The summed E-state index contributed by atoms with van der Waals surface area (Å²) in [4.78, 5) is 21.0. The Hall–Kier alpha value is -2.70. The topological polar surface area (TPSA) is 48.5 Å². The number of amides is 1. The molecule has 0 spiro atoms. The van der Waals surface area contributed by atoms with Crippen molar-refractivity contribution in [3.05, 3.63) is 76.2 Å². The molecule has 5 nitrogen and oxygen atoms in total. The summed E-state index contributed by atoms with van der Waals surface area (Å²) in [6.45, 7) is 6.43. The molecular formula is C23H26N4OS. The van der Waals surface area contributed by atoms with Gasteiger partial charge in [-0.25, -0.2) is 4.98 Å². The summed E-state index contributed by atoms with van der Waals surface area (Å²) in [5.74, 6) is -0.0398. The van der Waals surface area contributed by atoms with Gasteiger partial charge in [0.05, 0.1) is 12.2 Å². The third kappa shape index (κ3) is 5.43. The van der Waals surface area contributed by atoms with Gasteiger partial charge in [-0.3, -0.25) is 9.69 Å². The van der Waals surface area contributed by atoms with Crippen molar-refractivity contribution in [2.75, 3.05) is 36.4 Å². The van der Waals surface area contributed by atoms with Crippen molar-refractivity contribution in [3.8, 4) is 0 Å². The van der Waals surface area contributed by atoms with E-state index < -0.39 is 0 Å². The van der Waals surface area contributed by atoms with Gasteiger partial charge < -0.3 is 10.2 Å². The van der Waals surface area contributed by atoms with Gasteiger partial charge in [0.15, 0.2) is 0 Å². The van der Waals surface area contributed by atoms with Crippen LogP contribution in [0.4, 0.5) is 11.4 Å². The van der Waals surface area contributed by atoms with E-state index in [1.165, 1.54) is 17.5 Å². The lowest BCUT2D eigenvalue weighted by atomic mass is 10.1. The average molecular weight is 407 g/mol. The first-order chi connectivity index (χ1) is 14.2. The minimum atomic E-state index is -0.0398. The number of thiazole rings is 1. The van der Waals surface area contributed by atoms with Crippen LogP contribution in [0.1, 0.15) is 23.2 Å². The average Bonchev–Trinajstić information content (AvgIpc) is 3.16. The van der Waals surface area contributed by atoms with Crippen molar-refractivity contribution < 1.29 is 4.79 Å². The van der Waals surface area contributed by atoms with Gasteiger partial charge in [-0.15, -0.1) is 11.3 Å². The lowest BCUT2D eigenvalue weighted by Crippen LogP contribution is -2.46. The quantitative estimate of drug-likeness (QED) is 0.672. The highest BCUT2D eigenvalue weighted by Gasteiger charge is 2.18. The highest BCUT2D eigenvalue weighted by molar-refractivity contribution is 7.09. The molecule has 2 aromatic carbocycles. The molecule has 0 atom stereocenters. The normalized spacial score (nSPS) is 14.7. The van der Waals surface area contributed by atoms with Crippen LogP contribution in [-0.2, 0) is 17.8 Å². The van der Waals surface area contributed by atoms with Gasteiger partial charge in [0.25, 0.3) is 0 Å². The van der Waals surface area contributed by atoms with Crippen molar-refractivity contribution in [1.82, 2.24) is 9.88 Å². The number of hydrogen-bond acceptors (Lipinski definition) is 5. The molecule has 0 saturated carbocycles. The zero-order chi connectivity index (χ0) is 20.1. The van der Waals surface area contributed by atoms with Gasteiger partial charge in [0, 0.05) is 56.3 Å². The molecule has 1 aromatic heterocycles. The molecule has 1 aliphatic rings. The number of carbonyl (C=O) groups excluding carboxylic acids is 1. The van der Waals surface area contributed by atoms with Gasteiger partial charge in [0.2, 0.25) is 5.91 Å². The van der Waals surface area contributed by atoms with Crippen LogP contribution in [0.25, 0.3) is 0 Å². The van der Waals surface area contributed by atoms with Crippen LogP contribution >= 0.6 is 11.3 Å². The van der Waals surface area contributed by atoms with Crippen molar-refractivity contribution in [2.45, 2.75) is 19.9 Å². The van der Waals surface area contributed by atoms with Gasteiger partial charge >= 0.3 is 0 Å². The molecule has 0 unspecified atom stereocenters. The maximum absolute atomic E-state index is 11.3. The first-order valence-electron chi connectivity index (χ1n) is 9.98. The number of carbonyl (C=O) groups is 1. The Labute approximate surface area is 176 Å². The van der Waals surface area contributed by atoms with Crippen LogP contribution in [0.5, 0.6) is 0 Å². The molecular weight excluding hydrogens is 380 g/mol. The van der Waals surface area contributed by atoms with Crippen molar-refractivity contribution in [2.24, 2.45) is 0 Å². The Bertz CT molecular complexity index is 948. The fourth-order valence-corrected chi connectivity index (χ4v) is 4.48. The molecule has 1 fully saturated rings. The summed E-state index contributed by atoms with van der Waals surface area (Å²) >= 11 is 1.76. The zero-order valence-electron chi connectivity index (χ0n) is 16.7. The second kappa shape index (κ2) is 9.20. The Morgan fingerprint density at radius 3 is 2.62 bits per heavy atom. The van der Waals surface area contributed by atoms with Crippen LogP contribution in [0.2, 0.25) is 0 Å². The molecule has 0 bridgehead atoms. The molecule has 3 aromatic rings. The van der Waals surface area contributed by atoms with Gasteiger partial charge in [-0.2, -0.15) is 0 Å². The summed E-state index contributed by atoms with van der Waals surface area (Å²) < 4.78 is 0. The smallest absolute Gasteiger partial charge is 0.221 e. The molecule has 1 N–H and O–H groups in total. The van der Waals surface area contributed by atoms with E-state index in [0.717, 1.165) is 56.2 Å². The molecule has 0 radical (unpaired) electrons. The Morgan fingerprint density at radius 2 is 1.86 bits per heavy atom. The summed E-state index contributed by atoms with van der Waals surface area (Å²) in [5, 5.41) is 6.24. The van der Waals surface area contributed by atoms with Crippen LogP contribution in [0.3, 0.4) is 0 Å². The van der Waals surface area contributed by atoms with Crippen LogP contribution < -0.4 is 10.2 Å². The van der Waals surface area contributed by atoms with Crippen molar-refractivity contribution in [1.29, 1.82) is 0 Å². The second-order valence-electron chi connectivity index (χ2n) is 7.39. The number of hydrogen-bond donors (Lipinski definition) is 1. The third-order valence-electron chi connectivity index (χ3n) is 5.09. The van der Waals surface area contributed by atoms with Crippen molar-refractivity contribution >= 4 is 28.6 Å². The van der Waals surface area contributed by atoms with E-state index in [9.17, 15) is 4.79 Å². The number of rotatable bonds is 6. The molecule has 4 rings (SSSR count). The number of aromatic nitrogens is 1. The predicted molar refractivity (Wildman–Crippen MR) is 120 cm³/mol. The first kappa shape index (κ1) is 19.6. The fourth-order valence-electron chi connectivity index (χ4n) is 3.65. The number of benzene rings is 2. The van der Waals surface area contributed by atoms with E-state index in [-0.39, 0.29) is 5.91 Å². The molecule has 1 aliphatic heterocycles. The molecule has 1 saturated heterocycles. The van der Waals surface area contributed by atoms with Gasteiger partial charge in [0.1, 0.15) is 5.01 Å². The molecule has 6 heteroatoms. The van der Waals surface area contributed by atoms with E-state index in [1.807, 2.05) is 24.3 Å². The Balaban J connectivity index is 1.30. The maximum atomic E-state index is 11.3. The molecule has 1 amide bonds. The van der Waals surface area contributed by atoms with E-state index in [1.54, 1.807) is 11.3 Å². The lowest BCUT2D eigenvalue weighted by Gasteiger charge is -2.35. The van der Waals surface area contributed by atoms with E-state index in [0.29, 0.717) is 0 Å². The monoisotopic (exact) mass is 406 g/mol. The molecule has 150 valence electrons. The van der Waals surface area contributed by atoms with Crippen LogP contribution in [0.15, 0.2) is 60.0 Å². The van der Waals surface area contributed by atoms with E-state index in [4.69, 9.17) is 4.98 Å². The molecule has 29 heavy (non-hydrogen) atoms. The number of anilines is 2. The van der Waals surface area contributed by atoms with Gasteiger partial charge in [-0.05, 0) is 23.8 Å². The van der Waals surface area contributed by atoms with E-state index in [2.05, 4.69) is 50.8 Å². The van der Waals surface area contributed by atoms with E-state index >= 15 is 0 Å². The lowest BCUT2D eigenvalue weighted by molar-refractivity contribution is -0.114. The Morgan fingerprint density at radius 1 is 1.07 bits per heavy atom. The first-order valence-corrected chi connectivity index (χ1v) is 10.9. The summed E-state index contributed by atoms with van der Waals surface area (Å²) in [6.07, 6.45) is 0.899. The minimum Gasteiger partial charge on any atom is -0.369 e. The van der Waals surface area contributed by atoms with Crippen LogP contribution in [-0.4, -0.2) is 42.0 Å². The standard InChI is InChI=1S/C23H26N4OS/c1-18(28)24-20-8-5-9-22(15-20)27-12-10-26(11-13-27)16-23-25-21(17-29-23)14-19-6-3-2-4-7-19/h2-9,15,17H,10-14,16H2,1H3,(H,24,28). The predicted octanol–water partition coefficient (Wildman–Crippen LogP) is 4.01. The summed E-state index contributed by atoms with van der Waals surface area (Å²) in [6, 6.07) is 18.6. The van der Waals surface area contributed by atoms with Gasteiger partial charge in [-0.1, -0.05) is 36.4 Å². The maximum Gasteiger partial charge on any atom is 0.221 e. The zero-order valence-corrected chi connectivity index (χ0v) is 17.5. The largest absolute Gasteiger partial charge is 0.369 e. The molecule has 0 aliphatic carbocycles. The highest BCUT2D eigenvalue weighted by Crippen LogP contribution is 2.22. The fraction of sp³-hybridized carbons (Fsp3) is 0.304. The minimum absolute atomic E-state index is 0.0398. The summed E-state index contributed by atoms with van der Waals surface area (Å²) in [7, 11) is 0. The number of nitrogens with one attached hydrogen (secondary N) is 1. The van der Waals surface area contributed by atoms with Crippen molar-refractivity contribution in [3.63, 3.8) is 0 Å². The third-order valence-corrected chi connectivity index (χ3v) is 5.97. The summed E-state index contributed by atoms with van der Waals surface area (Å²) in [5.41, 5.74) is 4.48. The second-order valence-corrected chi connectivity index (χ2v) is 8.33. The molecule has 2 heterocycles. The highest BCUT2D eigenvalue weighted by atomic mass is 32.1.